The summed E-state index contributed by atoms with van der Waals surface area (Å²) in [5, 5.41) is 8.08. The monoisotopic (exact) mass is 476 g/mol. The second kappa shape index (κ2) is 10.8. The van der Waals surface area contributed by atoms with Crippen LogP contribution in [0.15, 0.2) is 91.1 Å². The Bertz CT molecular complexity index is 1360. The molecule has 0 saturated heterocycles. The van der Waals surface area contributed by atoms with E-state index in [4.69, 9.17) is 16.3 Å². The van der Waals surface area contributed by atoms with Gasteiger partial charge in [-0.05, 0) is 47.5 Å². The molecule has 5 aromatic rings. The summed E-state index contributed by atoms with van der Waals surface area (Å²) in [6, 6.07) is 28.9. The van der Waals surface area contributed by atoms with Crippen molar-refractivity contribution in [2.45, 2.75) is 19.6 Å². The molecule has 5 rings (SSSR count). The Morgan fingerprint density at radius 3 is 2.42 bits per heavy atom. The van der Waals surface area contributed by atoms with Gasteiger partial charge in [-0.3, -0.25) is 0 Å². The molecule has 0 unspecified atom stereocenters. The molecular weight excluding hydrogens is 451 g/mol. The number of hydrogen-bond donors (Lipinski definition) is 2. The van der Waals surface area contributed by atoms with Gasteiger partial charge in [-0.2, -0.15) is 0 Å². The molecule has 1 aromatic heterocycles. The van der Waals surface area contributed by atoms with Crippen molar-refractivity contribution >= 4 is 45.7 Å². The van der Waals surface area contributed by atoms with Gasteiger partial charge in [-0.15, -0.1) is 12.4 Å². The van der Waals surface area contributed by atoms with Crippen molar-refractivity contribution < 1.29 is 4.74 Å². The van der Waals surface area contributed by atoms with Crippen molar-refractivity contribution in [2.75, 3.05) is 6.54 Å². The average molecular weight is 477 g/mol. The van der Waals surface area contributed by atoms with Crippen LogP contribution in [0.25, 0.3) is 21.7 Å². The van der Waals surface area contributed by atoms with Gasteiger partial charge in [0, 0.05) is 39.8 Å². The Kier molecular flexibility index (Phi) is 7.56. The van der Waals surface area contributed by atoms with Gasteiger partial charge in [0.1, 0.15) is 12.4 Å². The van der Waals surface area contributed by atoms with Crippen LogP contribution in [0.1, 0.15) is 16.7 Å². The molecular formula is C28H26Cl2N2O. The molecule has 2 N–H and O–H groups in total. The third-order valence-corrected chi connectivity index (χ3v) is 6.26. The summed E-state index contributed by atoms with van der Waals surface area (Å²) in [7, 11) is 0. The fraction of sp³-hybridized carbons (Fsp3) is 0.143. The predicted molar refractivity (Wildman–Crippen MR) is 141 cm³/mol. The van der Waals surface area contributed by atoms with E-state index < -0.39 is 0 Å². The summed E-state index contributed by atoms with van der Waals surface area (Å²) in [4.78, 5) is 3.36. The molecule has 0 saturated carbocycles. The average Bonchev–Trinajstić information content (AvgIpc) is 3.25. The molecule has 0 atom stereocenters. The van der Waals surface area contributed by atoms with Gasteiger partial charge in [0.2, 0.25) is 0 Å². The van der Waals surface area contributed by atoms with Crippen LogP contribution in [0, 0.1) is 0 Å². The molecule has 0 bridgehead atoms. The Morgan fingerprint density at radius 2 is 1.55 bits per heavy atom. The number of nitrogens with one attached hydrogen (secondary N) is 2. The van der Waals surface area contributed by atoms with Crippen LogP contribution in [-0.2, 0) is 19.6 Å². The van der Waals surface area contributed by atoms with E-state index in [9.17, 15) is 0 Å². The number of para-hydroxylation sites is 1. The number of fused-ring (bicyclic) bond motifs is 2. The smallest absolute Gasteiger partial charge is 0.124 e. The SMILES string of the molecule is Cl.Clc1ccccc1COc1ccc2ccccc2c1CNCCc1c[nH]c2ccccc12. The maximum absolute atomic E-state index is 6.32. The second-order valence-corrected chi connectivity index (χ2v) is 8.34. The van der Waals surface area contributed by atoms with E-state index in [1.165, 1.54) is 32.8 Å². The molecule has 4 aromatic carbocycles. The van der Waals surface area contributed by atoms with Crippen molar-refractivity contribution in [3.05, 3.63) is 113 Å². The molecule has 0 aliphatic carbocycles. The normalized spacial score (nSPS) is 10.9. The lowest BCUT2D eigenvalue weighted by atomic mass is 10.0. The van der Waals surface area contributed by atoms with Crippen molar-refractivity contribution in [3.8, 4) is 5.75 Å². The van der Waals surface area contributed by atoms with E-state index in [0.717, 1.165) is 35.8 Å². The molecule has 1 heterocycles. The van der Waals surface area contributed by atoms with E-state index in [0.29, 0.717) is 6.61 Å². The maximum atomic E-state index is 6.32. The number of aromatic nitrogens is 1. The molecule has 33 heavy (non-hydrogen) atoms. The Balaban J connectivity index is 0.00000259. The minimum Gasteiger partial charge on any atom is -0.488 e. The molecule has 0 fully saturated rings. The number of benzene rings is 4. The molecule has 0 amide bonds. The van der Waals surface area contributed by atoms with E-state index in [1.807, 2.05) is 24.3 Å². The first-order valence-corrected chi connectivity index (χ1v) is 11.3. The first-order chi connectivity index (χ1) is 15.8. The molecule has 168 valence electrons. The molecule has 0 radical (unpaired) electrons. The Labute approximate surface area is 205 Å². The summed E-state index contributed by atoms with van der Waals surface area (Å²) in [5.74, 6) is 0.892. The van der Waals surface area contributed by atoms with Crippen LogP contribution in [0.2, 0.25) is 5.02 Å². The fourth-order valence-electron chi connectivity index (χ4n) is 4.18. The Morgan fingerprint density at radius 1 is 0.788 bits per heavy atom. The summed E-state index contributed by atoms with van der Waals surface area (Å²) in [6.07, 6.45) is 3.08. The Hall–Kier alpha value is -2.98. The number of hydrogen-bond acceptors (Lipinski definition) is 2. The number of rotatable bonds is 8. The standard InChI is InChI=1S/C28H25ClN2O.ClH/c29-26-11-5-2-8-22(26)19-32-28-14-13-20-7-1-3-9-23(20)25(28)18-30-16-15-21-17-31-27-12-6-4-10-24(21)27;/h1-14,17,30-31H,15-16,18-19H2;1H. The zero-order chi connectivity index (χ0) is 21.8. The lowest BCUT2D eigenvalue weighted by Gasteiger charge is -2.16. The highest BCUT2D eigenvalue weighted by molar-refractivity contribution is 6.31. The van der Waals surface area contributed by atoms with Crippen LogP contribution < -0.4 is 10.1 Å². The van der Waals surface area contributed by atoms with Crippen LogP contribution in [0.3, 0.4) is 0 Å². The third-order valence-electron chi connectivity index (χ3n) is 5.89. The van der Waals surface area contributed by atoms with Crippen LogP contribution in [-0.4, -0.2) is 11.5 Å². The second-order valence-electron chi connectivity index (χ2n) is 7.93. The van der Waals surface area contributed by atoms with Gasteiger partial charge >= 0.3 is 0 Å². The van der Waals surface area contributed by atoms with Gasteiger partial charge in [-0.25, -0.2) is 0 Å². The van der Waals surface area contributed by atoms with Crippen molar-refractivity contribution in [1.82, 2.24) is 10.3 Å². The largest absolute Gasteiger partial charge is 0.488 e. The number of ether oxygens (including phenoxy) is 1. The molecule has 3 nitrogen and oxygen atoms in total. The fourth-order valence-corrected chi connectivity index (χ4v) is 4.37. The third kappa shape index (κ3) is 5.17. The van der Waals surface area contributed by atoms with E-state index in [2.05, 4.69) is 77.2 Å². The van der Waals surface area contributed by atoms with Crippen LogP contribution >= 0.6 is 24.0 Å². The van der Waals surface area contributed by atoms with Crippen molar-refractivity contribution in [1.29, 1.82) is 0 Å². The summed E-state index contributed by atoms with van der Waals surface area (Å²) < 4.78 is 6.24. The van der Waals surface area contributed by atoms with E-state index in [-0.39, 0.29) is 12.4 Å². The molecule has 0 spiro atoms. The zero-order valence-electron chi connectivity index (χ0n) is 18.2. The van der Waals surface area contributed by atoms with Gasteiger partial charge in [0.15, 0.2) is 0 Å². The van der Waals surface area contributed by atoms with Crippen LogP contribution in [0.5, 0.6) is 5.75 Å². The van der Waals surface area contributed by atoms with E-state index >= 15 is 0 Å². The highest BCUT2D eigenvalue weighted by Gasteiger charge is 2.10. The number of halogens is 2. The summed E-state index contributed by atoms with van der Waals surface area (Å²) in [5.41, 5.74) is 4.68. The quantitative estimate of drug-likeness (QED) is 0.230. The summed E-state index contributed by atoms with van der Waals surface area (Å²) in [6.45, 7) is 2.07. The predicted octanol–water partition coefficient (Wildman–Crippen LogP) is 7.31. The van der Waals surface area contributed by atoms with Crippen molar-refractivity contribution in [3.63, 3.8) is 0 Å². The first-order valence-electron chi connectivity index (χ1n) is 10.9. The molecule has 5 heteroatoms. The highest BCUT2D eigenvalue weighted by atomic mass is 35.5. The van der Waals surface area contributed by atoms with Crippen LogP contribution in [0.4, 0.5) is 0 Å². The molecule has 0 aliphatic rings. The van der Waals surface area contributed by atoms with Crippen molar-refractivity contribution in [2.24, 2.45) is 0 Å². The van der Waals surface area contributed by atoms with Gasteiger partial charge < -0.3 is 15.0 Å². The number of H-pyrrole nitrogens is 1. The van der Waals surface area contributed by atoms with E-state index in [1.54, 1.807) is 0 Å². The van der Waals surface area contributed by atoms with Gasteiger partial charge in [-0.1, -0.05) is 78.3 Å². The minimum atomic E-state index is 0. The number of aromatic amines is 1. The lowest BCUT2D eigenvalue weighted by molar-refractivity contribution is 0.303. The topological polar surface area (TPSA) is 37.0 Å². The summed E-state index contributed by atoms with van der Waals surface area (Å²) >= 11 is 6.32. The first kappa shape index (κ1) is 23.2. The zero-order valence-corrected chi connectivity index (χ0v) is 19.8. The van der Waals surface area contributed by atoms with Gasteiger partial charge in [0.05, 0.1) is 0 Å². The van der Waals surface area contributed by atoms with Gasteiger partial charge in [0.25, 0.3) is 0 Å². The minimum absolute atomic E-state index is 0. The highest BCUT2D eigenvalue weighted by Crippen LogP contribution is 2.29. The maximum Gasteiger partial charge on any atom is 0.124 e. The molecule has 0 aliphatic heterocycles. The lowest BCUT2D eigenvalue weighted by Crippen LogP contribution is -2.17.